The minimum absolute atomic E-state index is 0.382. The van der Waals surface area contributed by atoms with Gasteiger partial charge in [0, 0.05) is 4.47 Å². The maximum Gasteiger partial charge on any atom is 0.338 e. The van der Waals surface area contributed by atoms with E-state index in [0.29, 0.717) is 23.6 Å². The van der Waals surface area contributed by atoms with Gasteiger partial charge in [-0.1, -0.05) is 28.1 Å². The molecule has 0 unspecified atom stereocenters. The van der Waals surface area contributed by atoms with Gasteiger partial charge >= 0.3 is 5.97 Å². The third kappa shape index (κ3) is 4.83. The third-order valence-corrected chi connectivity index (χ3v) is 3.71. The van der Waals surface area contributed by atoms with Crippen LogP contribution in [0.3, 0.4) is 0 Å². The van der Waals surface area contributed by atoms with Gasteiger partial charge in [0.1, 0.15) is 5.75 Å². The molecule has 0 aliphatic heterocycles. The summed E-state index contributed by atoms with van der Waals surface area (Å²) in [4.78, 5) is 24.3. The van der Waals surface area contributed by atoms with Crippen LogP contribution in [0, 0.1) is 0 Å². The van der Waals surface area contributed by atoms with Crippen LogP contribution in [-0.2, 0) is 9.53 Å². The molecule has 1 atom stereocenters. The van der Waals surface area contributed by atoms with Crippen molar-refractivity contribution in [1.29, 1.82) is 0 Å². The molecule has 0 aromatic heterocycles. The zero-order valence-electron chi connectivity index (χ0n) is 13.4. The van der Waals surface area contributed by atoms with Crippen molar-refractivity contribution in [2.24, 2.45) is 0 Å². The predicted octanol–water partition coefficient (Wildman–Crippen LogP) is 4.03. The highest BCUT2D eigenvalue weighted by atomic mass is 79.9. The zero-order valence-corrected chi connectivity index (χ0v) is 15.0. The van der Waals surface area contributed by atoms with Crippen LogP contribution in [0.25, 0.3) is 0 Å². The Bertz CT molecular complexity index is 715. The summed E-state index contributed by atoms with van der Waals surface area (Å²) in [5, 5.41) is 2.71. The summed E-state index contributed by atoms with van der Waals surface area (Å²) >= 11 is 3.30. The topological polar surface area (TPSA) is 64.6 Å². The van der Waals surface area contributed by atoms with Gasteiger partial charge in [0.15, 0.2) is 6.10 Å². The summed E-state index contributed by atoms with van der Waals surface area (Å²) in [7, 11) is 0. The van der Waals surface area contributed by atoms with Crippen molar-refractivity contribution in [3.05, 3.63) is 58.6 Å². The van der Waals surface area contributed by atoms with Gasteiger partial charge in [0.2, 0.25) is 0 Å². The largest absolute Gasteiger partial charge is 0.492 e. The number of benzene rings is 2. The second-order valence-corrected chi connectivity index (χ2v) is 5.89. The van der Waals surface area contributed by atoms with Crippen molar-refractivity contribution in [1.82, 2.24) is 0 Å². The van der Waals surface area contributed by atoms with E-state index in [1.165, 1.54) is 6.92 Å². The number of anilines is 1. The highest BCUT2D eigenvalue weighted by Gasteiger charge is 2.20. The van der Waals surface area contributed by atoms with E-state index in [1.807, 2.05) is 13.0 Å². The number of hydrogen-bond acceptors (Lipinski definition) is 4. The van der Waals surface area contributed by atoms with Crippen molar-refractivity contribution < 1.29 is 19.1 Å². The number of esters is 1. The molecule has 5 nitrogen and oxygen atoms in total. The molecule has 0 fully saturated rings. The maximum absolute atomic E-state index is 12.2. The van der Waals surface area contributed by atoms with Crippen LogP contribution in [0.5, 0.6) is 5.75 Å². The van der Waals surface area contributed by atoms with Crippen molar-refractivity contribution in [3.8, 4) is 5.75 Å². The van der Waals surface area contributed by atoms with E-state index in [9.17, 15) is 9.59 Å². The normalized spacial score (nSPS) is 11.5. The molecule has 0 heterocycles. The lowest BCUT2D eigenvalue weighted by molar-refractivity contribution is -0.123. The average molecular weight is 392 g/mol. The molecule has 2 aromatic carbocycles. The predicted molar refractivity (Wildman–Crippen MR) is 95.3 cm³/mol. The standard InChI is InChI=1S/C18H18BrNO4/c1-3-23-16-7-5-4-6-15(16)20-17(21)12(2)24-18(22)13-8-10-14(19)11-9-13/h4-12H,3H2,1-2H3,(H,20,21)/t12-/m1/s1. The van der Waals surface area contributed by atoms with Crippen molar-refractivity contribution in [2.45, 2.75) is 20.0 Å². The first-order chi connectivity index (χ1) is 11.5. The Labute approximate surface area is 149 Å². The molecule has 1 amide bonds. The first-order valence-electron chi connectivity index (χ1n) is 7.50. The quantitative estimate of drug-likeness (QED) is 0.754. The summed E-state index contributed by atoms with van der Waals surface area (Å²) in [5.41, 5.74) is 0.920. The number of hydrogen-bond donors (Lipinski definition) is 1. The SMILES string of the molecule is CCOc1ccccc1NC(=O)[C@@H](C)OC(=O)c1ccc(Br)cc1. The molecular formula is C18H18BrNO4. The average Bonchev–Trinajstić information content (AvgIpc) is 2.57. The zero-order chi connectivity index (χ0) is 17.5. The lowest BCUT2D eigenvalue weighted by atomic mass is 10.2. The molecule has 6 heteroatoms. The van der Waals surface area contributed by atoms with E-state index >= 15 is 0 Å². The smallest absolute Gasteiger partial charge is 0.338 e. The monoisotopic (exact) mass is 391 g/mol. The molecular weight excluding hydrogens is 374 g/mol. The fraction of sp³-hybridized carbons (Fsp3) is 0.222. The van der Waals surface area contributed by atoms with Gasteiger partial charge in [0.05, 0.1) is 17.9 Å². The second-order valence-electron chi connectivity index (χ2n) is 4.97. The number of ether oxygens (including phenoxy) is 2. The summed E-state index contributed by atoms with van der Waals surface area (Å²) in [6, 6.07) is 13.8. The molecule has 0 aliphatic rings. The van der Waals surface area contributed by atoms with Crippen LogP contribution < -0.4 is 10.1 Å². The molecule has 1 N–H and O–H groups in total. The number of carbonyl (C=O) groups is 2. The Hall–Kier alpha value is -2.34. The minimum atomic E-state index is -0.934. The molecule has 0 bridgehead atoms. The van der Waals surface area contributed by atoms with Gasteiger partial charge in [-0.05, 0) is 50.2 Å². The summed E-state index contributed by atoms with van der Waals surface area (Å²) in [6.45, 7) is 3.87. The molecule has 0 radical (unpaired) electrons. The lowest BCUT2D eigenvalue weighted by Crippen LogP contribution is -2.30. The van der Waals surface area contributed by atoms with Crippen LogP contribution in [0.4, 0.5) is 5.69 Å². The number of carbonyl (C=O) groups excluding carboxylic acids is 2. The Kier molecular flexibility index (Phi) is 6.37. The second kappa shape index (κ2) is 8.49. The molecule has 0 saturated heterocycles. The number of amides is 1. The Morgan fingerprint density at radius 2 is 1.79 bits per heavy atom. The Morgan fingerprint density at radius 3 is 2.46 bits per heavy atom. The van der Waals surface area contributed by atoms with Crippen LogP contribution in [0.1, 0.15) is 24.2 Å². The lowest BCUT2D eigenvalue weighted by Gasteiger charge is -2.15. The molecule has 2 aromatic rings. The highest BCUT2D eigenvalue weighted by Crippen LogP contribution is 2.24. The van der Waals surface area contributed by atoms with Gasteiger partial charge < -0.3 is 14.8 Å². The summed E-state index contributed by atoms with van der Waals surface area (Å²) in [6.07, 6.45) is -0.934. The number of rotatable bonds is 6. The van der Waals surface area contributed by atoms with Gasteiger partial charge in [-0.2, -0.15) is 0 Å². The van der Waals surface area contributed by atoms with Crippen LogP contribution in [-0.4, -0.2) is 24.6 Å². The van der Waals surface area contributed by atoms with Crippen molar-refractivity contribution in [2.75, 3.05) is 11.9 Å². The highest BCUT2D eigenvalue weighted by molar-refractivity contribution is 9.10. The number of para-hydroxylation sites is 2. The van der Waals surface area contributed by atoms with Crippen molar-refractivity contribution >= 4 is 33.5 Å². The molecule has 0 aliphatic carbocycles. The van der Waals surface area contributed by atoms with Crippen LogP contribution >= 0.6 is 15.9 Å². The summed E-state index contributed by atoms with van der Waals surface area (Å²) < 4.78 is 11.5. The Balaban J connectivity index is 1.99. The van der Waals surface area contributed by atoms with E-state index in [4.69, 9.17) is 9.47 Å². The van der Waals surface area contributed by atoms with Crippen LogP contribution in [0.15, 0.2) is 53.0 Å². The number of halogens is 1. The molecule has 2 rings (SSSR count). The first kappa shape index (κ1) is 18.0. The van der Waals surface area contributed by atoms with E-state index in [1.54, 1.807) is 42.5 Å². The van der Waals surface area contributed by atoms with Gasteiger partial charge in [0.25, 0.3) is 5.91 Å². The maximum atomic E-state index is 12.2. The third-order valence-electron chi connectivity index (χ3n) is 3.18. The van der Waals surface area contributed by atoms with E-state index in [2.05, 4.69) is 21.2 Å². The van der Waals surface area contributed by atoms with Gasteiger partial charge in [-0.15, -0.1) is 0 Å². The fourth-order valence-corrected chi connectivity index (χ4v) is 2.22. The van der Waals surface area contributed by atoms with Gasteiger partial charge in [-0.3, -0.25) is 4.79 Å². The molecule has 0 saturated carbocycles. The van der Waals surface area contributed by atoms with Crippen molar-refractivity contribution in [3.63, 3.8) is 0 Å². The van der Waals surface area contributed by atoms with Gasteiger partial charge in [-0.25, -0.2) is 4.79 Å². The van der Waals surface area contributed by atoms with E-state index in [-0.39, 0.29) is 0 Å². The molecule has 0 spiro atoms. The van der Waals surface area contributed by atoms with Crippen LogP contribution in [0.2, 0.25) is 0 Å². The fourth-order valence-electron chi connectivity index (χ4n) is 1.95. The summed E-state index contributed by atoms with van der Waals surface area (Å²) in [5.74, 6) is -0.407. The van der Waals surface area contributed by atoms with E-state index < -0.39 is 18.0 Å². The first-order valence-corrected chi connectivity index (χ1v) is 8.29. The molecule has 126 valence electrons. The number of nitrogens with one attached hydrogen (secondary N) is 1. The molecule has 24 heavy (non-hydrogen) atoms. The van der Waals surface area contributed by atoms with E-state index in [0.717, 1.165) is 4.47 Å². The minimum Gasteiger partial charge on any atom is -0.492 e. The Morgan fingerprint density at radius 1 is 1.12 bits per heavy atom.